The number of hydrogen-bond acceptors (Lipinski definition) is 5. The van der Waals surface area contributed by atoms with Gasteiger partial charge in [0.2, 0.25) is 0 Å². The number of quaternary nitrogens is 1. The Morgan fingerprint density at radius 2 is 2.04 bits per heavy atom. The Hall–Kier alpha value is -1.83. The highest BCUT2D eigenvalue weighted by Gasteiger charge is 2.28. The number of aryl methyl sites for hydroxylation is 1. The Morgan fingerprint density at radius 3 is 2.75 bits per heavy atom. The van der Waals surface area contributed by atoms with Crippen LogP contribution < -0.4 is 10.5 Å². The molecular formula is C21H29N4O2S+. The minimum Gasteiger partial charge on any atom is -0.370 e. The van der Waals surface area contributed by atoms with Gasteiger partial charge in [-0.25, -0.2) is 9.97 Å². The summed E-state index contributed by atoms with van der Waals surface area (Å²) < 4.78 is 8.49. The maximum atomic E-state index is 13.2. The molecule has 0 fully saturated rings. The molecule has 0 saturated heterocycles. The highest BCUT2D eigenvalue weighted by Crippen LogP contribution is 2.34. The second-order valence-corrected chi connectivity index (χ2v) is 9.27. The lowest BCUT2D eigenvalue weighted by Gasteiger charge is -2.30. The van der Waals surface area contributed by atoms with Crippen LogP contribution in [0.5, 0.6) is 0 Å². The number of likely N-dealkylation sites (N-methyl/N-ethyl adjacent to an activating group) is 1. The van der Waals surface area contributed by atoms with Crippen LogP contribution in [0.4, 0.5) is 0 Å². The maximum absolute atomic E-state index is 13.2. The first-order valence-corrected chi connectivity index (χ1v) is 10.9. The first-order chi connectivity index (χ1) is 13.3. The van der Waals surface area contributed by atoms with Crippen LogP contribution in [0.2, 0.25) is 0 Å². The number of rotatable bonds is 5. The molecule has 0 aliphatic carbocycles. The summed E-state index contributed by atoms with van der Waals surface area (Å²) >= 11 is 1.48. The quantitative estimate of drug-likeness (QED) is 0.711. The third kappa shape index (κ3) is 3.36. The summed E-state index contributed by atoms with van der Waals surface area (Å²) in [5.41, 5.74) is 2.84. The van der Waals surface area contributed by atoms with Crippen molar-refractivity contribution >= 4 is 31.8 Å². The molecule has 0 radical (unpaired) electrons. The van der Waals surface area contributed by atoms with Crippen LogP contribution >= 0.6 is 11.3 Å². The molecule has 150 valence electrons. The van der Waals surface area contributed by atoms with E-state index in [0.29, 0.717) is 17.9 Å². The predicted molar refractivity (Wildman–Crippen MR) is 113 cm³/mol. The van der Waals surface area contributed by atoms with Gasteiger partial charge < -0.3 is 9.64 Å². The molecule has 4 heterocycles. The van der Waals surface area contributed by atoms with E-state index >= 15 is 0 Å². The molecule has 3 aromatic rings. The van der Waals surface area contributed by atoms with Crippen molar-refractivity contribution in [3.63, 3.8) is 0 Å². The Morgan fingerprint density at radius 1 is 1.29 bits per heavy atom. The van der Waals surface area contributed by atoms with Gasteiger partial charge in [0.05, 0.1) is 49.6 Å². The van der Waals surface area contributed by atoms with Gasteiger partial charge in [-0.3, -0.25) is 9.36 Å². The van der Waals surface area contributed by atoms with E-state index < -0.39 is 0 Å². The summed E-state index contributed by atoms with van der Waals surface area (Å²) in [5.74, 6) is 0.777. The van der Waals surface area contributed by atoms with Crippen LogP contribution in [0.3, 0.4) is 0 Å². The summed E-state index contributed by atoms with van der Waals surface area (Å²) in [6.07, 6.45) is 0.788. The van der Waals surface area contributed by atoms with Crippen LogP contribution in [-0.4, -0.2) is 39.8 Å². The van der Waals surface area contributed by atoms with E-state index in [-0.39, 0.29) is 11.2 Å². The van der Waals surface area contributed by atoms with Gasteiger partial charge in [0.1, 0.15) is 15.4 Å². The zero-order chi connectivity index (χ0) is 20.1. The van der Waals surface area contributed by atoms with Gasteiger partial charge in [0.15, 0.2) is 0 Å². The van der Waals surface area contributed by atoms with E-state index in [9.17, 15) is 4.79 Å². The fraction of sp³-hybridized carbons (Fsp3) is 0.571. The minimum atomic E-state index is -0.196. The second kappa shape index (κ2) is 7.21. The molecule has 0 unspecified atom stereocenters. The molecular weight excluding hydrogens is 372 g/mol. The van der Waals surface area contributed by atoms with E-state index in [1.807, 2.05) is 11.5 Å². The molecule has 0 atom stereocenters. The maximum Gasteiger partial charge on any atom is 0.271 e. The molecule has 0 amide bonds. The van der Waals surface area contributed by atoms with Crippen molar-refractivity contribution in [2.45, 2.75) is 59.8 Å². The van der Waals surface area contributed by atoms with Crippen molar-refractivity contribution < 1.29 is 9.64 Å². The van der Waals surface area contributed by atoms with Gasteiger partial charge in [-0.1, -0.05) is 0 Å². The molecule has 3 aromatic heterocycles. The summed E-state index contributed by atoms with van der Waals surface area (Å²) in [7, 11) is 0. The lowest BCUT2D eigenvalue weighted by Crippen LogP contribution is -3.11. The average molecular weight is 402 g/mol. The lowest BCUT2D eigenvalue weighted by atomic mass is 9.95. The minimum absolute atomic E-state index is 0.0617. The Bertz CT molecular complexity index is 1100. The molecule has 1 aliphatic heterocycles. The van der Waals surface area contributed by atoms with Crippen molar-refractivity contribution in [3.05, 3.63) is 33.5 Å². The smallest absolute Gasteiger partial charge is 0.271 e. The van der Waals surface area contributed by atoms with Gasteiger partial charge in [-0.2, -0.15) is 0 Å². The normalized spacial score (nSPS) is 16.2. The van der Waals surface area contributed by atoms with E-state index in [0.717, 1.165) is 58.9 Å². The molecule has 1 N–H and O–H groups in total. The third-order valence-electron chi connectivity index (χ3n) is 5.83. The number of aromatic nitrogens is 3. The number of thiophene rings is 1. The average Bonchev–Trinajstić information content (AvgIpc) is 3.00. The first kappa shape index (κ1) is 19.5. The number of hydrogen-bond donors (Lipinski definition) is 1. The van der Waals surface area contributed by atoms with E-state index in [1.54, 1.807) is 0 Å². The topological polar surface area (TPSA) is 61.5 Å². The van der Waals surface area contributed by atoms with Gasteiger partial charge in [0.25, 0.3) is 5.56 Å². The van der Waals surface area contributed by atoms with Crippen molar-refractivity contribution in [3.8, 4) is 0 Å². The third-order valence-corrected chi connectivity index (χ3v) is 6.91. The SMILES string of the molecule is CC[NH+](CC)CCn1c(C)nc2c(sc3nc4c(cc32)COC(C)(C)C4)c1=O. The molecule has 0 aromatic carbocycles. The lowest BCUT2D eigenvalue weighted by molar-refractivity contribution is -0.897. The Labute approximate surface area is 169 Å². The van der Waals surface area contributed by atoms with Crippen LogP contribution in [0.25, 0.3) is 20.4 Å². The summed E-state index contributed by atoms with van der Waals surface area (Å²) in [6.45, 7) is 14.8. The monoisotopic (exact) mass is 401 g/mol. The molecule has 6 nitrogen and oxygen atoms in total. The van der Waals surface area contributed by atoms with E-state index in [4.69, 9.17) is 14.7 Å². The highest BCUT2D eigenvalue weighted by atomic mass is 32.1. The van der Waals surface area contributed by atoms with Gasteiger partial charge in [0, 0.05) is 17.4 Å². The molecule has 0 bridgehead atoms. The standard InChI is InChI=1S/C21H28N4O2S/c1-6-24(7-2)8-9-25-13(3)22-17-15-10-14-12-27-21(4,5)11-16(14)23-19(15)28-18(17)20(25)26/h10H,6-9,11-12H2,1-5H3/p+1. The number of pyridine rings is 1. The number of nitrogens with zero attached hydrogens (tertiary/aromatic N) is 3. The fourth-order valence-electron chi connectivity index (χ4n) is 3.98. The van der Waals surface area contributed by atoms with Crippen LogP contribution in [-0.2, 0) is 24.3 Å². The molecule has 0 spiro atoms. The van der Waals surface area contributed by atoms with Gasteiger partial charge in [-0.05, 0) is 40.7 Å². The molecule has 0 saturated carbocycles. The van der Waals surface area contributed by atoms with Crippen LogP contribution in [0, 0.1) is 6.92 Å². The summed E-state index contributed by atoms with van der Waals surface area (Å²) in [5, 5.41) is 0.976. The van der Waals surface area contributed by atoms with Crippen LogP contribution in [0.15, 0.2) is 10.9 Å². The number of nitrogens with one attached hydrogen (secondary N) is 1. The highest BCUT2D eigenvalue weighted by molar-refractivity contribution is 7.25. The first-order valence-electron chi connectivity index (χ1n) is 10.1. The van der Waals surface area contributed by atoms with Crippen molar-refractivity contribution in [1.29, 1.82) is 0 Å². The fourth-order valence-corrected chi connectivity index (χ4v) is 5.04. The van der Waals surface area contributed by atoms with Gasteiger partial charge in [-0.15, -0.1) is 11.3 Å². The number of ether oxygens (including phenoxy) is 1. The predicted octanol–water partition coefficient (Wildman–Crippen LogP) is 2.09. The summed E-state index contributed by atoms with van der Waals surface area (Å²) in [6, 6.07) is 2.13. The van der Waals surface area contributed by atoms with Crippen molar-refractivity contribution in [1.82, 2.24) is 14.5 Å². The van der Waals surface area contributed by atoms with E-state index in [2.05, 4.69) is 33.8 Å². The van der Waals surface area contributed by atoms with Crippen molar-refractivity contribution in [2.75, 3.05) is 19.6 Å². The molecule has 1 aliphatic rings. The molecule has 7 heteroatoms. The zero-order valence-corrected chi connectivity index (χ0v) is 18.2. The Kier molecular flexibility index (Phi) is 5.02. The van der Waals surface area contributed by atoms with Gasteiger partial charge >= 0.3 is 0 Å². The largest absolute Gasteiger partial charge is 0.370 e. The van der Waals surface area contributed by atoms with E-state index in [1.165, 1.54) is 16.2 Å². The van der Waals surface area contributed by atoms with Crippen molar-refractivity contribution in [2.24, 2.45) is 0 Å². The second-order valence-electron chi connectivity index (χ2n) is 8.27. The molecule has 4 rings (SSSR count). The zero-order valence-electron chi connectivity index (χ0n) is 17.4. The Balaban J connectivity index is 1.81. The molecule has 28 heavy (non-hydrogen) atoms. The van der Waals surface area contributed by atoms with Crippen LogP contribution in [0.1, 0.15) is 44.8 Å². The number of fused-ring (bicyclic) bond motifs is 4. The summed E-state index contributed by atoms with van der Waals surface area (Å²) in [4.78, 5) is 25.3.